The average Bonchev–Trinajstić information content (AvgIpc) is 2.97. The third kappa shape index (κ3) is 5.17. The molecule has 9 nitrogen and oxygen atoms in total. The van der Waals surface area contributed by atoms with Gasteiger partial charge >= 0.3 is 0 Å². The highest BCUT2D eigenvalue weighted by Gasteiger charge is 2.41. The van der Waals surface area contributed by atoms with Crippen LogP contribution in [0.25, 0.3) is 0 Å². The Hall–Kier alpha value is -4.81. The summed E-state index contributed by atoms with van der Waals surface area (Å²) in [4.78, 5) is 26.0. The van der Waals surface area contributed by atoms with Crippen molar-refractivity contribution in [1.29, 1.82) is 5.26 Å². The number of nitrogens with zero attached hydrogens (tertiary/aromatic N) is 3. The normalized spacial score (nSPS) is 16.7. The van der Waals surface area contributed by atoms with Crippen molar-refractivity contribution in [3.05, 3.63) is 115 Å². The van der Waals surface area contributed by atoms with Gasteiger partial charge in [-0.15, -0.1) is 0 Å². The molecule has 0 radical (unpaired) electrons. The minimum absolute atomic E-state index is 0.0689. The number of nitrogens with two attached hydrogens (primary N) is 1. The summed E-state index contributed by atoms with van der Waals surface area (Å²) in [7, 11) is 1.60. The Morgan fingerprint density at radius 1 is 1.10 bits per heavy atom. The zero-order chi connectivity index (χ0) is 30.1. The first-order chi connectivity index (χ1) is 20.1. The molecule has 0 spiro atoms. The number of carbonyl (C=O) groups is 1. The molecule has 5 rings (SSSR count). The molecular weight excluding hydrogens is 556 g/mol. The maximum absolute atomic E-state index is 13.6. The fourth-order valence-electron chi connectivity index (χ4n) is 5.68. The Bertz CT molecular complexity index is 1700. The van der Waals surface area contributed by atoms with E-state index in [0.717, 1.165) is 28.0 Å². The highest BCUT2D eigenvalue weighted by Crippen LogP contribution is 2.48. The lowest BCUT2D eigenvalue weighted by Crippen LogP contribution is -2.39. The minimum Gasteiger partial charge on any atom is -0.497 e. The first-order valence-electron chi connectivity index (χ1n) is 13.4. The number of nitriles is 1. The number of nitro groups is 1. The van der Waals surface area contributed by atoms with E-state index in [1.165, 1.54) is 18.2 Å². The number of allylic oxidation sites excluding steroid dienone is 3. The number of non-ortho nitro benzene ring substituents is 1. The summed E-state index contributed by atoms with van der Waals surface area (Å²) in [5.41, 5.74) is 11.9. The molecule has 2 N–H and O–H groups in total. The Balaban J connectivity index is 1.61. The molecule has 0 bridgehead atoms. The molecule has 0 saturated carbocycles. The molecule has 1 aliphatic heterocycles. The molecule has 2 aliphatic rings. The molecule has 3 aromatic rings. The minimum atomic E-state index is -0.675. The third-order valence-corrected chi connectivity index (χ3v) is 8.09. The molecule has 42 heavy (non-hydrogen) atoms. The summed E-state index contributed by atoms with van der Waals surface area (Å²) in [6.45, 7) is 4.23. The molecule has 1 heterocycles. The number of rotatable bonds is 7. The number of ketones is 1. The van der Waals surface area contributed by atoms with E-state index in [9.17, 15) is 20.2 Å². The van der Waals surface area contributed by atoms with E-state index in [0.29, 0.717) is 42.0 Å². The second-order valence-corrected chi connectivity index (χ2v) is 10.7. The van der Waals surface area contributed by atoms with E-state index in [-0.39, 0.29) is 34.5 Å². The first kappa shape index (κ1) is 28.7. The van der Waals surface area contributed by atoms with Crippen LogP contribution in [-0.4, -0.2) is 17.8 Å². The van der Waals surface area contributed by atoms with Crippen LogP contribution in [0.1, 0.15) is 47.4 Å². The fourth-order valence-corrected chi connectivity index (χ4v) is 5.94. The van der Waals surface area contributed by atoms with Crippen LogP contribution in [0.2, 0.25) is 5.02 Å². The topological polar surface area (TPSA) is 132 Å². The Kier molecular flexibility index (Phi) is 7.92. The zero-order valence-electron chi connectivity index (χ0n) is 23.4. The first-order valence-corrected chi connectivity index (χ1v) is 13.8. The summed E-state index contributed by atoms with van der Waals surface area (Å²) in [5, 5.41) is 21.8. The molecule has 1 atom stereocenters. The number of hydrogen-bond donors (Lipinski definition) is 1. The SMILES string of the molecule is COc1ccc(OCc2cc(C3C(C#N)=C(N)N(c4ccc([N+](=O)[O-])cc4Cl)C4=C3C(=O)CCC4)c(C)cc2C)cc1. The van der Waals surface area contributed by atoms with Gasteiger partial charge in [0, 0.05) is 29.8 Å². The van der Waals surface area contributed by atoms with E-state index in [2.05, 4.69) is 6.07 Å². The number of ether oxygens (including phenoxy) is 2. The van der Waals surface area contributed by atoms with Gasteiger partial charge in [0.1, 0.15) is 23.9 Å². The number of halogens is 1. The van der Waals surface area contributed by atoms with E-state index >= 15 is 0 Å². The molecule has 214 valence electrons. The maximum atomic E-state index is 13.6. The highest BCUT2D eigenvalue weighted by atomic mass is 35.5. The summed E-state index contributed by atoms with van der Waals surface area (Å²) < 4.78 is 11.3. The van der Waals surface area contributed by atoms with Crippen molar-refractivity contribution in [3.8, 4) is 17.6 Å². The number of anilines is 1. The van der Waals surface area contributed by atoms with Crippen molar-refractivity contribution in [1.82, 2.24) is 0 Å². The van der Waals surface area contributed by atoms with Crippen LogP contribution in [0.3, 0.4) is 0 Å². The van der Waals surface area contributed by atoms with Gasteiger partial charge in [0.2, 0.25) is 0 Å². The molecular formula is C32H29ClN4O5. The molecule has 1 unspecified atom stereocenters. The summed E-state index contributed by atoms with van der Waals surface area (Å²) in [6, 6.07) is 17.7. The predicted molar refractivity (Wildman–Crippen MR) is 159 cm³/mol. The van der Waals surface area contributed by atoms with E-state index in [1.54, 1.807) is 12.0 Å². The molecule has 0 saturated heterocycles. The Morgan fingerprint density at radius 3 is 2.45 bits per heavy atom. The number of benzene rings is 3. The molecule has 0 fully saturated rings. The van der Waals surface area contributed by atoms with Crippen LogP contribution >= 0.6 is 11.6 Å². The van der Waals surface area contributed by atoms with Crippen LogP contribution in [0.5, 0.6) is 11.5 Å². The van der Waals surface area contributed by atoms with Gasteiger partial charge in [-0.2, -0.15) is 5.26 Å². The van der Waals surface area contributed by atoms with Crippen LogP contribution < -0.4 is 20.1 Å². The van der Waals surface area contributed by atoms with Gasteiger partial charge in [-0.25, -0.2) is 0 Å². The lowest BCUT2D eigenvalue weighted by atomic mass is 9.74. The monoisotopic (exact) mass is 584 g/mol. The second-order valence-electron chi connectivity index (χ2n) is 10.3. The number of carbonyl (C=O) groups excluding carboxylic acids is 1. The van der Waals surface area contributed by atoms with Crippen molar-refractivity contribution >= 4 is 28.8 Å². The number of methoxy groups -OCH3 is 1. The van der Waals surface area contributed by atoms with Crippen LogP contribution in [0.4, 0.5) is 11.4 Å². The van der Waals surface area contributed by atoms with Gasteiger partial charge in [0.05, 0.1) is 40.3 Å². The van der Waals surface area contributed by atoms with Crippen molar-refractivity contribution in [3.63, 3.8) is 0 Å². The van der Waals surface area contributed by atoms with Crippen molar-refractivity contribution < 1.29 is 19.2 Å². The van der Waals surface area contributed by atoms with Crippen molar-refractivity contribution in [2.24, 2.45) is 5.73 Å². The number of nitro benzene ring substituents is 1. The van der Waals surface area contributed by atoms with Gasteiger partial charge < -0.3 is 15.2 Å². The molecule has 0 aromatic heterocycles. The fraction of sp³-hybridized carbons (Fsp3) is 0.250. The Morgan fingerprint density at radius 2 is 1.81 bits per heavy atom. The zero-order valence-corrected chi connectivity index (χ0v) is 24.2. The van der Waals surface area contributed by atoms with E-state index in [1.807, 2.05) is 50.2 Å². The molecule has 1 aliphatic carbocycles. The Labute approximate surface area is 248 Å². The highest BCUT2D eigenvalue weighted by molar-refractivity contribution is 6.33. The summed E-state index contributed by atoms with van der Waals surface area (Å²) in [5.74, 6) is 0.807. The predicted octanol–water partition coefficient (Wildman–Crippen LogP) is 6.76. The number of hydrogen-bond acceptors (Lipinski definition) is 8. The lowest BCUT2D eigenvalue weighted by molar-refractivity contribution is -0.384. The van der Waals surface area contributed by atoms with Gasteiger partial charge in [0.15, 0.2) is 5.78 Å². The van der Waals surface area contributed by atoms with Gasteiger partial charge in [-0.05, 0) is 79.3 Å². The lowest BCUT2D eigenvalue weighted by Gasteiger charge is -2.40. The third-order valence-electron chi connectivity index (χ3n) is 7.79. The molecule has 10 heteroatoms. The summed E-state index contributed by atoms with van der Waals surface area (Å²) >= 11 is 6.51. The largest absolute Gasteiger partial charge is 0.497 e. The van der Waals surface area contributed by atoms with Crippen LogP contribution in [0.15, 0.2) is 77.3 Å². The average molecular weight is 585 g/mol. The summed E-state index contributed by atoms with van der Waals surface area (Å²) in [6.07, 6.45) is 1.48. The number of Topliss-reactive ketones (excluding diaryl/α,β-unsaturated/α-hetero) is 1. The van der Waals surface area contributed by atoms with Crippen LogP contribution in [0, 0.1) is 35.3 Å². The maximum Gasteiger partial charge on any atom is 0.271 e. The van der Waals surface area contributed by atoms with Gasteiger partial charge in [-0.3, -0.25) is 19.8 Å². The smallest absolute Gasteiger partial charge is 0.271 e. The quantitative estimate of drug-likeness (QED) is 0.238. The van der Waals surface area contributed by atoms with Gasteiger partial charge in [0.25, 0.3) is 5.69 Å². The van der Waals surface area contributed by atoms with E-state index in [4.69, 9.17) is 26.8 Å². The van der Waals surface area contributed by atoms with Gasteiger partial charge in [-0.1, -0.05) is 23.7 Å². The van der Waals surface area contributed by atoms with Crippen molar-refractivity contribution in [2.75, 3.05) is 12.0 Å². The van der Waals surface area contributed by atoms with Crippen molar-refractivity contribution in [2.45, 2.75) is 45.6 Å². The number of aryl methyl sites for hydroxylation is 2. The van der Waals surface area contributed by atoms with Crippen LogP contribution in [-0.2, 0) is 11.4 Å². The van der Waals surface area contributed by atoms with E-state index < -0.39 is 10.8 Å². The standard InChI is InChI=1S/C32H29ClN4O5/c1-18-13-19(2)24(14-20(18)17-42-23-10-8-22(41-3)9-11-23)30-25(16-34)32(35)36(28-5-4-6-29(38)31(28)30)27-12-7-21(37(39)40)15-26(27)33/h7-15,30H,4-6,17,35H2,1-3H3. The molecule has 3 aromatic carbocycles. The second kappa shape index (κ2) is 11.6. The molecule has 0 amide bonds.